The Labute approximate surface area is 99.0 Å². The van der Waals surface area contributed by atoms with Crippen LogP contribution in [0.2, 0.25) is 0 Å². The molecule has 0 bridgehead atoms. The largest absolute Gasteiger partial charge is 0.496 e. The maximum Gasteiger partial charge on any atom is 0.220 e. The van der Waals surface area contributed by atoms with Crippen molar-refractivity contribution in [3.05, 3.63) is 48.1 Å². The van der Waals surface area contributed by atoms with Gasteiger partial charge in [-0.05, 0) is 30.3 Å². The molecule has 0 radical (unpaired) electrons. The molecule has 0 N–H and O–H groups in total. The van der Waals surface area contributed by atoms with E-state index in [1.807, 2.05) is 42.5 Å². The fourth-order valence-corrected chi connectivity index (χ4v) is 2.35. The second-order valence-corrected chi connectivity index (χ2v) is 4.38. The third-order valence-electron chi connectivity index (χ3n) is 2.31. The Morgan fingerprint density at radius 2 is 2.19 bits per heavy atom. The van der Waals surface area contributed by atoms with E-state index in [1.54, 1.807) is 7.11 Å². The zero-order valence-electron chi connectivity index (χ0n) is 8.97. The van der Waals surface area contributed by atoms with Gasteiger partial charge in [0, 0.05) is 5.57 Å². The number of rotatable bonds is 3. The molecule has 0 saturated carbocycles. The van der Waals surface area contributed by atoms with Crippen LogP contribution in [-0.2, 0) is 4.79 Å². The third kappa shape index (κ3) is 2.36. The lowest BCUT2D eigenvalue weighted by atomic mass is 10.3. The number of ether oxygens (including phenoxy) is 1. The Hall–Kier alpha value is -1.48. The van der Waals surface area contributed by atoms with Gasteiger partial charge in [-0.25, -0.2) is 0 Å². The minimum absolute atomic E-state index is 0.0921. The van der Waals surface area contributed by atoms with Crippen LogP contribution < -0.4 is 4.74 Å². The first-order valence-corrected chi connectivity index (χ1v) is 5.84. The molecule has 3 heteroatoms. The van der Waals surface area contributed by atoms with Gasteiger partial charge in [0.15, 0.2) is 0 Å². The van der Waals surface area contributed by atoms with Crippen LogP contribution in [0, 0.1) is 0 Å². The van der Waals surface area contributed by atoms with Gasteiger partial charge >= 0.3 is 0 Å². The predicted molar refractivity (Wildman–Crippen MR) is 65.7 cm³/mol. The number of carbonyl (C=O) groups is 1. The molecule has 0 heterocycles. The minimum atomic E-state index is 0.0921. The highest BCUT2D eigenvalue weighted by Gasteiger charge is 2.14. The van der Waals surface area contributed by atoms with Gasteiger partial charge < -0.3 is 4.74 Å². The number of benzene rings is 1. The fourth-order valence-electron chi connectivity index (χ4n) is 1.47. The van der Waals surface area contributed by atoms with E-state index in [-0.39, 0.29) is 5.12 Å². The van der Waals surface area contributed by atoms with Crippen molar-refractivity contribution < 1.29 is 9.53 Å². The molecule has 1 aromatic carbocycles. The van der Waals surface area contributed by atoms with E-state index in [0.29, 0.717) is 0 Å². The van der Waals surface area contributed by atoms with Crippen molar-refractivity contribution in [2.45, 2.75) is 11.3 Å². The lowest BCUT2D eigenvalue weighted by Gasteiger charge is -2.06. The Bertz CT molecular complexity index is 461. The molecule has 16 heavy (non-hydrogen) atoms. The summed E-state index contributed by atoms with van der Waals surface area (Å²) in [4.78, 5) is 12.7. The summed E-state index contributed by atoms with van der Waals surface area (Å²) in [5.74, 6) is 0.743. The molecule has 0 spiro atoms. The van der Waals surface area contributed by atoms with Crippen molar-refractivity contribution in [1.82, 2.24) is 0 Å². The van der Waals surface area contributed by atoms with Crippen LogP contribution in [0.25, 0.3) is 0 Å². The summed E-state index contributed by atoms with van der Waals surface area (Å²) in [6.45, 7) is 0. The lowest BCUT2D eigenvalue weighted by Crippen LogP contribution is -1.95. The predicted octanol–water partition coefficient (Wildman–Crippen LogP) is 3.20. The van der Waals surface area contributed by atoms with Gasteiger partial charge in [-0.15, -0.1) is 0 Å². The number of hydrogen-bond acceptors (Lipinski definition) is 3. The van der Waals surface area contributed by atoms with E-state index in [2.05, 4.69) is 0 Å². The summed E-state index contributed by atoms with van der Waals surface area (Å²) < 4.78 is 5.20. The molecule has 1 aliphatic rings. The number of allylic oxidation sites excluding steroid dienone is 3. The van der Waals surface area contributed by atoms with E-state index in [1.165, 1.54) is 11.8 Å². The van der Waals surface area contributed by atoms with Crippen molar-refractivity contribution >= 4 is 16.9 Å². The summed E-state index contributed by atoms with van der Waals surface area (Å²) in [6, 6.07) is 7.55. The standard InChI is InChI=1S/C13H12O2S/c1-15-11-8-4-5-9-12(11)16-13(14)10-6-2-3-7-10/h2-6,8-9H,7H2,1H3. The first-order chi connectivity index (χ1) is 7.81. The lowest BCUT2D eigenvalue weighted by molar-refractivity contribution is -0.107. The van der Waals surface area contributed by atoms with Crippen molar-refractivity contribution in [3.8, 4) is 5.75 Å². The Morgan fingerprint density at radius 3 is 2.88 bits per heavy atom. The van der Waals surface area contributed by atoms with Gasteiger partial charge in [0.05, 0.1) is 12.0 Å². The van der Waals surface area contributed by atoms with Crippen molar-refractivity contribution in [3.63, 3.8) is 0 Å². The second kappa shape index (κ2) is 5.03. The summed E-state index contributed by atoms with van der Waals surface area (Å²) in [5.41, 5.74) is 0.843. The van der Waals surface area contributed by atoms with Crippen LogP contribution in [0.4, 0.5) is 0 Å². The average molecular weight is 232 g/mol. The number of para-hydroxylation sites is 1. The van der Waals surface area contributed by atoms with E-state index in [0.717, 1.165) is 22.6 Å². The van der Waals surface area contributed by atoms with Gasteiger partial charge in [0.25, 0.3) is 0 Å². The molecule has 0 atom stereocenters. The summed E-state index contributed by atoms with van der Waals surface area (Å²) in [5, 5.41) is 0.0921. The SMILES string of the molecule is COc1ccccc1SC(=O)C1=CC=CC1. The van der Waals surface area contributed by atoms with Crippen LogP contribution >= 0.6 is 11.8 Å². The highest BCUT2D eigenvalue weighted by atomic mass is 32.2. The van der Waals surface area contributed by atoms with Gasteiger partial charge in [-0.3, -0.25) is 4.79 Å². The smallest absolute Gasteiger partial charge is 0.220 e. The number of thioether (sulfide) groups is 1. The number of methoxy groups -OCH3 is 1. The van der Waals surface area contributed by atoms with Crippen LogP contribution in [0.5, 0.6) is 5.75 Å². The Kier molecular flexibility index (Phi) is 3.47. The van der Waals surface area contributed by atoms with Crippen molar-refractivity contribution in [2.24, 2.45) is 0 Å². The molecule has 0 unspecified atom stereocenters. The second-order valence-electron chi connectivity index (χ2n) is 3.36. The molecule has 0 amide bonds. The van der Waals surface area contributed by atoms with Crippen LogP contribution in [0.15, 0.2) is 53.0 Å². The van der Waals surface area contributed by atoms with Gasteiger partial charge in [0.2, 0.25) is 5.12 Å². The summed E-state index contributed by atoms with van der Waals surface area (Å²) in [7, 11) is 1.61. The highest BCUT2D eigenvalue weighted by molar-refractivity contribution is 8.14. The van der Waals surface area contributed by atoms with E-state index in [4.69, 9.17) is 4.74 Å². The minimum Gasteiger partial charge on any atom is -0.496 e. The van der Waals surface area contributed by atoms with Crippen LogP contribution in [0.1, 0.15) is 6.42 Å². The molecular weight excluding hydrogens is 220 g/mol. The fraction of sp³-hybridized carbons (Fsp3) is 0.154. The molecule has 0 saturated heterocycles. The number of hydrogen-bond donors (Lipinski definition) is 0. The summed E-state index contributed by atoms with van der Waals surface area (Å²) in [6.07, 6.45) is 6.50. The van der Waals surface area contributed by atoms with Crippen molar-refractivity contribution in [2.75, 3.05) is 7.11 Å². The molecule has 1 aromatic rings. The Morgan fingerprint density at radius 1 is 1.38 bits per heavy atom. The molecule has 0 aliphatic heterocycles. The molecule has 2 rings (SSSR count). The molecule has 0 fully saturated rings. The van der Waals surface area contributed by atoms with Crippen molar-refractivity contribution in [1.29, 1.82) is 0 Å². The number of carbonyl (C=O) groups excluding carboxylic acids is 1. The normalized spacial score (nSPS) is 13.7. The molecule has 1 aliphatic carbocycles. The molecule has 2 nitrogen and oxygen atoms in total. The zero-order valence-corrected chi connectivity index (χ0v) is 9.79. The van der Waals surface area contributed by atoms with Gasteiger partial charge in [0.1, 0.15) is 5.75 Å². The van der Waals surface area contributed by atoms with Gasteiger partial charge in [-0.1, -0.05) is 30.4 Å². The quantitative estimate of drug-likeness (QED) is 0.749. The summed E-state index contributed by atoms with van der Waals surface area (Å²) >= 11 is 1.22. The van der Waals surface area contributed by atoms with E-state index in [9.17, 15) is 4.79 Å². The molecular formula is C13H12O2S. The average Bonchev–Trinajstić information content (AvgIpc) is 2.83. The van der Waals surface area contributed by atoms with Crippen LogP contribution in [0.3, 0.4) is 0 Å². The molecule has 82 valence electrons. The maximum absolute atomic E-state index is 11.9. The third-order valence-corrected chi connectivity index (χ3v) is 3.31. The first kappa shape index (κ1) is 11.0. The maximum atomic E-state index is 11.9. The Balaban J connectivity index is 2.11. The van der Waals surface area contributed by atoms with E-state index >= 15 is 0 Å². The highest BCUT2D eigenvalue weighted by Crippen LogP contribution is 2.32. The first-order valence-electron chi connectivity index (χ1n) is 5.02. The monoisotopic (exact) mass is 232 g/mol. The molecule has 0 aromatic heterocycles. The zero-order chi connectivity index (χ0) is 11.4. The van der Waals surface area contributed by atoms with E-state index < -0.39 is 0 Å². The van der Waals surface area contributed by atoms with Gasteiger partial charge in [-0.2, -0.15) is 0 Å². The topological polar surface area (TPSA) is 26.3 Å². The van der Waals surface area contributed by atoms with Crippen LogP contribution in [-0.4, -0.2) is 12.2 Å².